The van der Waals surface area contributed by atoms with Crippen LogP contribution in [0.1, 0.15) is 32.3 Å². The van der Waals surface area contributed by atoms with Crippen LogP contribution in [-0.2, 0) is 6.54 Å². The molecule has 4 heteroatoms. The van der Waals surface area contributed by atoms with Gasteiger partial charge >= 0.3 is 0 Å². The van der Waals surface area contributed by atoms with Crippen LogP contribution in [0.5, 0.6) is 11.5 Å². The van der Waals surface area contributed by atoms with E-state index in [9.17, 15) is 0 Å². The molecule has 1 fully saturated rings. The fourth-order valence-corrected chi connectivity index (χ4v) is 2.61. The van der Waals surface area contributed by atoms with E-state index in [4.69, 9.17) is 9.47 Å². The van der Waals surface area contributed by atoms with Gasteiger partial charge in [0.1, 0.15) is 6.61 Å². The molecule has 0 saturated carbocycles. The lowest BCUT2D eigenvalue weighted by Crippen LogP contribution is -2.25. The molecular formula is C17H28N2O2. The van der Waals surface area contributed by atoms with Crippen molar-refractivity contribution in [1.29, 1.82) is 0 Å². The molecule has 0 amide bonds. The van der Waals surface area contributed by atoms with E-state index < -0.39 is 0 Å². The Morgan fingerprint density at radius 1 is 1.10 bits per heavy atom. The lowest BCUT2D eigenvalue weighted by molar-refractivity contribution is 0.226. The van der Waals surface area contributed by atoms with Gasteiger partial charge in [-0.05, 0) is 57.1 Å². The van der Waals surface area contributed by atoms with Gasteiger partial charge in [-0.2, -0.15) is 0 Å². The van der Waals surface area contributed by atoms with Gasteiger partial charge in [-0.3, -0.25) is 4.90 Å². The molecule has 1 heterocycles. The van der Waals surface area contributed by atoms with Gasteiger partial charge in [-0.25, -0.2) is 0 Å². The third kappa shape index (κ3) is 5.21. The second kappa shape index (κ2) is 8.90. The van der Waals surface area contributed by atoms with Crippen LogP contribution in [0.4, 0.5) is 0 Å². The second-order valence-corrected chi connectivity index (χ2v) is 5.39. The van der Waals surface area contributed by atoms with Crippen LogP contribution in [0.25, 0.3) is 0 Å². The molecule has 1 aliphatic heterocycles. The maximum absolute atomic E-state index is 5.92. The van der Waals surface area contributed by atoms with Crippen LogP contribution in [0.2, 0.25) is 0 Å². The maximum Gasteiger partial charge on any atom is 0.161 e. The molecule has 1 aliphatic rings. The maximum atomic E-state index is 5.92. The van der Waals surface area contributed by atoms with Crippen molar-refractivity contribution >= 4 is 0 Å². The third-order valence-corrected chi connectivity index (χ3v) is 3.75. The summed E-state index contributed by atoms with van der Waals surface area (Å²) in [7, 11) is 0. The molecule has 2 rings (SSSR count). The van der Waals surface area contributed by atoms with Gasteiger partial charge in [0.25, 0.3) is 0 Å². The number of ether oxygens (including phenoxy) is 2. The van der Waals surface area contributed by atoms with Crippen molar-refractivity contribution in [1.82, 2.24) is 10.2 Å². The number of likely N-dealkylation sites (tertiary alicyclic amines) is 1. The minimum atomic E-state index is 0.660. The van der Waals surface area contributed by atoms with Gasteiger partial charge in [0.2, 0.25) is 0 Å². The molecule has 118 valence electrons. The van der Waals surface area contributed by atoms with Crippen molar-refractivity contribution in [3.8, 4) is 11.5 Å². The summed E-state index contributed by atoms with van der Waals surface area (Å²) < 4.78 is 11.6. The zero-order valence-electron chi connectivity index (χ0n) is 13.4. The number of benzene rings is 1. The number of nitrogens with zero attached hydrogens (tertiary/aromatic N) is 1. The Hall–Kier alpha value is -1.26. The summed E-state index contributed by atoms with van der Waals surface area (Å²) in [5.74, 6) is 1.71. The topological polar surface area (TPSA) is 33.7 Å². The molecule has 0 aliphatic carbocycles. The quantitative estimate of drug-likeness (QED) is 0.759. The first-order chi connectivity index (χ1) is 10.3. The average Bonchev–Trinajstić information content (AvgIpc) is 3.00. The molecule has 0 aromatic heterocycles. The van der Waals surface area contributed by atoms with E-state index in [1.165, 1.54) is 31.5 Å². The SMILES string of the molecule is CCNCc1ccc(OCCN2CCCC2)c(OCC)c1. The predicted molar refractivity (Wildman–Crippen MR) is 86.2 cm³/mol. The average molecular weight is 292 g/mol. The summed E-state index contributed by atoms with van der Waals surface area (Å²) in [4.78, 5) is 2.46. The van der Waals surface area contributed by atoms with Crippen LogP contribution in [0.15, 0.2) is 18.2 Å². The first kappa shape index (κ1) is 16.1. The van der Waals surface area contributed by atoms with Crippen molar-refractivity contribution in [3.05, 3.63) is 23.8 Å². The Kier molecular flexibility index (Phi) is 6.83. The van der Waals surface area contributed by atoms with Crippen molar-refractivity contribution in [2.45, 2.75) is 33.2 Å². The first-order valence-corrected chi connectivity index (χ1v) is 8.15. The number of hydrogen-bond acceptors (Lipinski definition) is 4. The fourth-order valence-electron chi connectivity index (χ4n) is 2.61. The van der Waals surface area contributed by atoms with Crippen LogP contribution >= 0.6 is 0 Å². The normalized spacial score (nSPS) is 15.3. The zero-order valence-corrected chi connectivity index (χ0v) is 13.4. The minimum Gasteiger partial charge on any atom is -0.490 e. The first-order valence-electron chi connectivity index (χ1n) is 8.15. The molecule has 21 heavy (non-hydrogen) atoms. The smallest absolute Gasteiger partial charge is 0.161 e. The van der Waals surface area contributed by atoms with Gasteiger partial charge in [-0.15, -0.1) is 0 Å². The summed E-state index contributed by atoms with van der Waals surface area (Å²) >= 11 is 0. The van der Waals surface area contributed by atoms with E-state index in [0.717, 1.165) is 37.7 Å². The second-order valence-electron chi connectivity index (χ2n) is 5.39. The zero-order chi connectivity index (χ0) is 14.9. The summed E-state index contributed by atoms with van der Waals surface area (Å²) in [6.07, 6.45) is 2.65. The summed E-state index contributed by atoms with van der Waals surface area (Å²) in [5.41, 5.74) is 1.23. The molecule has 1 aromatic rings. The molecule has 0 atom stereocenters. The van der Waals surface area contributed by atoms with Gasteiger partial charge < -0.3 is 14.8 Å². The molecular weight excluding hydrogens is 264 g/mol. The number of hydrogen-bond donors (Lipinski definition) is 1. The van der Waals surface area contributed by atoms with Gasteiger partial charge in [0.05, 0.1) is 6.61 Å². The lowest BCUT2D eigenvalue weighted by Gasteiger charge is -2.17. The van der Waals surface area contributed by atoms with Gasteiger partial charge in [0, 0.05) is 13.1 Å². The van der Waals surface area contributed by atoms with Gasteiger partial charge in [0.15, 0.2) is 11.5 Å². The monoisotopic (exact) mass is 292 g/mol. The molecule has 0 radical (unpaired) electrons. The molecule has 1 saturated heterocycles. The van der Waals surface area contributed by atoms with Crippen LogP contribution in [0.3, 0.4) is 0 Å². The standard InChI is InChI=1S/C17H28N2O2/c1-3-18-14-15-7-8-16(17(13-15)20-4-2)21-12-11-19-9-5-6-10-19/h7-8,13,18H,3-6,9-12,14H2,1-2H3. The van der Waals surface area contributed by atoms with Crippen LogP contribution in [-0.4, -0.2) is 44.3 Å². The third-order valence-electron chi connectivity index (χ3n) is 3.75. The molecule has 0 bridgehead atoms. The predicted octanol–water partition coefficient (Wildman–Crippen LogP) is 2.67. The van der Waals surface area contributed by atoms with Crippen molar-refractivity contribution in [3.63, 3.8) is 0 Å². The Morgan fingerprint density at radius 2 is 1.90 bits per heavy atom. The Labute approximate surface area is 128 Å². The summed E-state index contributed by atoms with van der Waals surface area (Å²) in [6.45, 7) is 10.8. The van der Waals surface area contributed by atoms with E-state index in [2.05, 4.69) is 29.3 Å². The highest BCUT2D eigenvalue weighted by atomic mass is 16.5. The molecule has 0 unspecified atom stereocenters. The minimum absolute atomic E-state index is 0.660. The molecule has 0 spiro atoms. The Bertz CT molecular complexity index is 417. The van der Waals surface area contributed by atoms with Crippen molar-refractivity contribution < 1.29 is 9.47 Å². The highest BCUT2D eigenvalue weighted by Crippen LogP contribution is 2.28. The van der Waals surface area contributed by atoms with Crippen LogP contribution < -0.4 is 14.8 Å². The Balaban J connectivity index is 1.89. The lowest BCUT2D eigenvalue weighted by atomic mass is 10.2. The molecule has 4 nitrogen and oxygen atoms in total. The number of nitrogens with one attached hydrogen (secondary N) is 1. The van der Waals surface area contributed by atoms with Gasteiger partial charge in [-0.1, -0.05) is 13.0 Å². The summed E-state index contributed by atoms with van der Waals surface area (Å²) in [5, 5.41) is 3.33. The fraction of sp³-hybridized carbons (Fsp3) is 0.647. The molecule has 1 N–H and O–H groups in total. The van der Waals surface area contributed by atoms with E-state index in [0.29, 0.717) is 6.61 Å². The molecule has 1 aromatic carbocycles. The highest BCUT2D eigenvalue weighted by molar-refractivity contribution is 5.43. The van der Waals surface area contributed by atoms with E-state index in [1.54, 1.807) is 0 Å². The number of rotatable bonds is 9. The van der Waals surface area contributed by atoms with E-state index in [-0.39, 0.29) is 0 Å². The van der Waals surface area contributed by atoms with E-state index >= 15 is 0 Å². The Morgan fingerprint density at radius 3 is 2.62 bits per heavy atom. The largest absolute Gasteiger partial charge is 0.490 e. The highest BCUT2D eigenvalue weighted by Gasteiger charge is 2.12. The van der Waals surface area contributed by atoms with E-state index in [1.807, 2.05) is 13.0 Å². The van der Waals surface area contributed by atoms with Crippen LogP contribution in [0, 0.1) is 0 Å². The van der Waals surface area contributed by atoms with Crippen molar-refractivity contribution in [2.75, 3.05) is 39.4 Å². The van der Waals surface area contributed by atoms with Crippen molar-refractivity contribution in [2.24, 2.45) is 0 Å². The summed E-state index contributed by atoms with van der Waals surface area (Å²) in [6, 6.07) is 6.22.